The summed E-state index contributed by atoms with van der Waals surface area (Å²) in [6.07, 6.45) is 31.5. The Morgan fingerprint density at radius 2 is 1.32 bits per heavy atom. The molecule has 0 aliphatic carbocycles. The molecule has 4 N–H and O–H groups in total. The van der Waals surface area contributed by atoms with Crippen LogP contribution in [-0.2, 0) is 23.4 Å². The van der Waals surface area contributed by atoms with E-state index in [-0.39, 0.29) is 0 Å². The van der Waals surface area contributed by atoms with Gasteiger partial charge in [-0.2, -0.15) is 0 Å². The third kappa shape index (κ3) is 22.8. The van der Waals surface area contributed by atoms with E-state index in [1.807, 2.05) is 30.4 Å². The van der Waals surface area contributed by atoms with Crippen molar-refractivity contribution in [1.82, 2.24) is 0 Å². The number of carbonyl (C=O) groups is 2. The number of rotatable bonds is 18. The van der Waals surface area contributed by atoms with E-state index < -0.39 is 32.4 Å². The third-order valence-electron chi connectivity index (χ3n) is 4.27. The molecule has 8 nitrogen and oxygen atoms in total. The summed E-state index contributed by atoms with van der Waals surface area (Å²) in [5.74, 6) is -2.12. The van der Waals surface area contributed by atoms with Crippen LogP contribution in [0.3, 0.4) is 0 Å². The third-order valence-corrected chi connectivity index (χ3v) is 4.75. The standard InChI is InChI=1S/C25H38NO7P/c1-2-3-4-5-6-7-8-9-10-11-12-13-14-15-16-17-18-19-20-21-24(27)33-25(28)23(26)22-32-34(29,30)31/h10-21,23H,2-9,22,26H2,1H3,(H2,29,30,31)/t23-/m0/s1. The molecule has 0 aromatic carbocycles. The van der Waals surface area contributed by atoms with Crippen molar-refractivity contribution in [3.05, 3.63) is 72.9 Å². The van der Waals surface area contributed by atoms with Crippen molar-refractivity contribution in [2.45, 2.75) is 64.3 Å². The lowest BCUT2D eigenvalue weighted by Crippen LogP contribution is -2.37. The molecule has 0 unspecified atom stereocenters. The highest BCUT2D eigenvalue weighted by atomic mass is 31.2. The molecule has 0 amide bonds. The molecule has 0 spiro atoms. The average molecular weight is 496 g/mol. The second-order valence-corrected chi connectivity index (χ2v) is 8.61. The lowest BCUT2D eigenvalue weighted by atomic mass is 10.1. The van der Waals surface area contributed by atoms with Crippen LogP contribution in [0.4, 0.5) is 0 Å². The summed E-state index contributed by atoms with van der Waals surface area (Å²) in [7, 11) is -4.76. The largest absolute Gasteiger partial charge is 0.469 e. The lowest BCUT2D eigenvalue weighted by molar-refractivity contribution is -0.157. The first-order valence-corrected chi connectivity index (χ1v) is 13.0. The summed E-state index contributed by atoms with van der Waals surface area (Å²) in [4.78, 5) is 40.0. The van der Waals surface area contributed by atoms with E-state index in [1.165, 1.54) is 51.0 Å². The highest BCUT2D eigenvalue weighted by molar-refractivity contribution is 7.46. The summed E-state index contributed by atoms with van der Waals surface area (Å²) < 4.78 is 19.0. The molecular formula is C25H38NO7P. The molecule has 9 heteroatoms. The Morgan fingerprint density at radius 3 is 1.88 bits per heavy atom. The van der Waals surface area contributed by atoms with Gasteiger partial charge in [0.2, 0.25) is 0 Å². The van der Waals surface area contributed by atoms with E-state index in [9.17, 15) is 14.2 Å². The maximum absolute atomic E-state index is 11.5. The first-order chi connectivity index (χ1) is 16.3. The summed E-state index contributed by atoms with van der Waals surface area (Å²) in [6.45, 7) is 1.46. The average Bonchev–Trinajstić information content (AvgIpc) is 2.78. The number of hydrogen-bond donors (Lipinski definition) is 3. The van der Waals surface area contributed by atoms with E-state index in [4.69, 9.17) is 15.5 Å². The zero-order chi connectivity index (χ0) is 25.5. The Kier molecular flexibility index (Phi) is 19.7. The van der Waals surface area contributed by atoms with Gasteiger partial charge in [0, 0.05) is 6.08 Å². The van der Waals surface area contributed by atoms with Crippen LogP contribution in [0, 0.1) is 0 Å². The molecule has 0 saturated carbocycles. The maximum atomic E-state index is 11.5. The fourth-order valence-corrected chi connectivity index (χ4v) is 2.85. The van der Waals surface area contributed by atoms with Gasteiger partial charge in [-0.05, 0) is 12.8 Å². The quantitative estimate of drug-likeness (QED) is 0.0605. The minimum Gasteiger partial charge on any atom is -0.389 e. The van der Waals surface area contributed by atoms with Gasteiger partial charge in [-0.15, -0.1) is 0 Å². The molecule has 0 rings (SSSR count). The molecular weight excluding hydrogens is 457 g/mol. The molecule has 1 atom stereocenters. The summed E-state index contributed by atoms with van der Waals surface area (Å²) in [5.41, 5.74) is 5.32. The molecule has 0 radical (unpaired) electrons. The Bertz CT molecular complexity index is 791. The summed E-state index contributed by atoms with van der Waals surface area (Å²) >= 11 is 0. The number of hydrogen-bond acceptors (Lipinski definition) is 6. The number of ether oxygens (including phenoxy) is 1. The van der Waals surface area contributed by atoms with E-state index in [0.717, 1.165) is 12.5 Å². The van der Waals surface area contributed by atoms with Gasteiger partial charge in [-0.25, -0.2) is 14.2 Å². The summed E-state index contributed by atoms with van der Waals surface area (Å²) in [6, 6.07) is -1.50. The molecule has 0 fully saturated rings. The molecule has 0 bridgehead atoms. The first-order valence-electron chi connectivity index (χ1n) is 11.5. The molecule has 0 aliphatic rings. The zero-order valence-electron chi connectivity index (χ0n) is 19.8. The van der Waals surface area contributed by atoms with E-state index >= 15 is 0 Å². The number of carbonyl (C=O) groups excluding carboxylic acids is 2. The number of esters is 2. The smallest absolute Gasteiger partial charge is 0.389 e. The van der Waals surface area contributed by atoms with Crippen molar-refractivity contribution >= 4 is 19.8 Å². The maximum Gasteiger partial charge on any atom is 0.469 e. The van der Waals surface area contributed by atoms with Crippen molar-refractivity contribution in [2.24, 2.45) is 5.73 Å². The molecule has 0 heterocycles. The van der Waals surface area contributed by atoms with Crippen molar-refractivity contribution in [2.75, 3.05) is 6.61 Å². The molecule has 0 aliphatic heterocycles. The fourth-order valence-electron chi connectivity index (χ4n) is 2.50. The minimum atomic E-state index is -4.76. The topological polar surface area (TPSA) is 136 Å². The summed E-state index contributed by atoms with van der Waals surface area (Å²) in [5, 5.41) is 0. The molecule has 0 saturated heterocycles. The second-order valence-electron chi connectivity index (χ2n) is 7.37. The number of phosphoric acid groups is 1. The number of phosphoric ester groups is 1. The molecule has 190 valence electrons. The van der Waals surface area contributed by atoms with Gasteiger partial charge in [0.05, 0.1) is 6.61 Å². The predicted octanol–water partition coefficient (Wildman–Crippen LogP) is 4.97. The Morgan fingerprint density at radius 1 is 0.824 bits per heavy atom. The van der Waals surface area contributed by atoms with Crippen LogP contribution in [0.5, 0.6) is 0 Å². The molecule has 0 aromatic rings. The zero-order valence-corrected chi connectivity index (χ0v) is 20.7. The van der Waals surface area contributed by atoms with Crippen molar-refractivity contribution in [3.8, 4) is 0 Å². The van der Waals surface area contributed by atoms with E-state index in [2.05, 4.69) is 28.3 Å². The first kappa shape index (κ1) is 31.6. The van der Waals surface area contributed by atoms with Crippen LogP contribution < -0.4 is 5.73 Å². The van der Waals surface area contributed by atoms with Crippen LogP contribution in [-0.4, -0.2) is 34.4 Å². The number of unbranched alkanes of at least 4 members (excludes halogenated alkanes) is 7. The highest BCUT2D eigenvalue weighted by Crippen LogP contribution is 2.35. The van der Waals surface area contributed by atoms with Crippen molar-refractivity contribution in [3.63, 3.8) is 0 Å². The van der Waals surface area contributed by atoms with Gasteiger partial charge in [0.15, 0.2) is 0 Å². The van der Waals surface area contributed by atoms with Crippen molar-refractivity contribution in [1.29, 1.82) is 0 Å². The normalized spacial score (nSPS) is 14.0. The van der Waals surface area contributed by atoms with Gasteiger partial charge in [-0.1, -0.05) is 112 Å². The lowest BCUT2D eigenvalue weighted by Gasteiger charge is -2.10. The van der Waals surface area contributed by atoms with Crippen LogP contribution in [0.25, 0.3) is 0 Å². The predicted molar refractivity (Wildman–Crippen MR) is 135 cm³/mol. The van der Waals surface area contributed by atoms with Crippen LogP contribution >= 0.6 is 7.82 Å². The minimum absolute atomic E-state index is 0.775. The molecule has 34 heavy (non-hydrogen) atoms. The number of nitrogens with two attached hydrogens (primary N) is 1. The fraction of sp³-hybridized carbons (Fsp3) is 0.440. The molecule has 0 aromatic heterocycles. The van der Waals surface area contributed by atoms with E-state index in [1.54, 1.807) is 18.2 Å². The number of allylic oxidation sites excluding steroid dienone is 11. The second kappa shape index (κ2) is 21.2. The van der Waals surface area contributed by atoms with Gasteiger partial charge >= 0.3 is 19.8 Å². The Balaban J connectivity index is 3.95. The van der Waals surface area contributed by atoms with Crippen molar-refractivity contribution < 1.29 is 33.2 Å². The van der Waals surface area contributed by atoms with E-state index in [0.29, 0.717) is 0 Å². The van der Waals surface area contributed by atoms with Gasteiger partial charge in [-0.3, -0.25) is 4.52 Å². The van der Waals surface area contributed by atoms with Crippen LogP contribution in [0.2, 0.25) is 0 Å². The van der Waals surface area contributed by atoms with Crippen LogP contribution in [0.1, 0.15) is 58.3 Å². The Labute approximate surface area is 202 Å². The van der Waals surface area contributed by atoms with Gasteiger partial charge in [0.1, 0.15) is 6.04 Å². The highest BCUT2D eigenvalue weighted by Gasteiger charge is 2.22. The Hall–Kier alpha value is -2.35. The monoisotopic (exact) mass is 495 g/mol. The SMILES string of the molecule is CCCCCCCCCC=CC=CC=CC=CC=CC=CC(=O)OC(=O)[C@@H](N)COP(=O)(O)O. The van der Waals surface area contributed by atoms with Gasteiger partial charge in [0.25, 0.3) is 0 Å². The van der Waals surface area contributed by atoms with Gasteiger partial charge < -0.3 is 20.3 Å². The van der Waals surface area contributed by atoms with Crippen LogP contribution in [0.15, 0.2) is 72.9 Å².